The number of nitro benzene ring substituents is 1. The molecule has 110 valence electrons. The molecule has 0 heterocycles. The molecule has 0 amide bonds. The zero-order valence-corrected chi connectivity index (χ0v) is 10.6. The molecule has 0 aromatic heterocycles. The number of hydrogen-bond donors (Lipinski definition) is 1. The molecule has 0 aliphatic rings. The van der Waals surface area contributed by atoms with Crippen molar-refractivity contribution >= 4 is 5.69 Å². The van der Waals surface area contributed by atoms with Gasteiger partial charge in [0.05, 0.1) is 17.1 Å². The van der Waals surface area contributed by atoms with E-state index >= 15 is 0 Å². The first-order valence-electron chi connectivity index (χ1n) is 5.89. The Morgan fingerprint density at radius 3 is 2.19 bits per heavy atom. The molecule has 21 heavy (non-hydrogen) atoms. The molecule has 0 bridgehead atoms. The third-order valence-electron chi connectivity index (χ3n) is 2.99. The van der Waals surface area contributed by atoms with Crippen LogP contribution in [0.2, 0.25) is 0 Å². The fraction of sp³-hybridized carbons (Fsp3) is 0.143. The van der Waals surface area contributed by atoms with Gasteiger partial charge in [-0.25, -0.2) is 0 Å². The van der Waals surface area contributed by atoms with Crippen LogP contribution in [0.15, 0.2) is 42.5 Å². The summed E-state index contributed by atoms with van der Waals surface area (Å²) in [7, 11) is 0. The second-order valence-electron chi connectivity index (χ2n) is 4.30. The molecule has 0 aliphatic heterocycles. The van der Waals surface area contributed by atoms with Crippen LogP contribution in [0.4, 0.5) is 18.9 Å². The second kappa shape index (κ2) is 5.53. The minimum atomic E-state index is -4.63. The van der Waals surface area contributed by atoms with Gasteiger partial charge in [-0.15, -0.1) is 0 Å². The topological polar surface area (TPSA) is 63.4 Å². The number of halogens is 3. The van der Waals surface area contributed by atoms with Crippen molar-refractivity contribution in [1.29, 1.82) is 0 Å². The molecule has 0 spiro atoms. The third-order valence-corrected chi connectivity index (χ3v) is 2.99. The van der Waals surface area contributed by atoms with E-state index in [0.717, 1.165) is 12.1 Å². The van der Waals surface area contributed by atoms with Crippen LogP contribution in [0.5, 0.6) is 0 Å². The summed E-state index contributed by atoms with van der Waals surface area (Å²) in [6, 6.07) is 8.65. The van der Waals surface area contributed by atoms with E-state index < -0.39 is 23.3 Å². The molecule has 2 rings (SSSR count). The summed E-state index contributed by atoms with van der Waals surface area (Å²) >= 11 is 0. The van der Waals surface area contributed by atoms with E-state index in [2.05, 4.69) is 0 Å². The van der Waals surface area contributed by atoms with Crippen molar-refractivity contribution in [3.8, 4) is 11.1 Å². The molecule has 7 heteroatoms. The van der Waals surface area contributed by atoms with Crippen LogP contribution in [0.3, 0.4) is 0 Å². The van der Waals surface area contributed by atoms with Crippen LogP contribution >= 0.6 is 0 Å². The summed E-state index contributed by atoms with van der Waals surface area (Å²) in [5, 5.41) is 19.6. The molecular weight excluding hydrogens is 287 g/mol. The van der Waals surface area contributed by atoms with Crippen molar-refractivity contribution < 1.29 is 23.2 Å². The lowest BCUT2D eigenvalue weighted by molar-refractivity contribution is -0.384. The molecule has 0 radical (unpaired) electrons. The monoisotopic (exact) mass is 297 g/mol. The van der Waals surface area contributed by atoms with Crippen molar-refractivity contribution in [1.82, 2.24) is 0 Å². The Morgan fingerprint density at radius 1 is 1.10 bits per heavy atom. The number of aliphatic hydroxyl groups is 1. The Hall–Kier alpha value is -2.41. The molecule has 0 saturated carbocycles. The highest BCUT2D eigenvalue weighted by Crippen LogP contribution is 2.39. The van der Waals surface area contributed by atoms with Gasteiger partial charge in [-0.05, 0) is 28.8 Å². The standard InChI is InChI=1S/C14H10F3NO3/c15-14(16,17)13-10(8-19)2-1-3-12(13)9-4-6-11(7-5-9)18(20)21/h1-7,19H,8H2. The molecule has 2 aromatic carbocycles. The number of nitro groups is 1. The predicted molar refractivity (Wildman–Crippen MR) is 69.5 cm³/mol. The highest BCUT2D eigenvalue weighted by Gasteiger charge is 2.36. The molecule has 0 fully saturated rings. The molecule has 4 nitrogen and oxygen atoms in total. The van der Waals surface area contributed by atoms with Gasteiger partial charge >= 0.3 is 6.18 Å². The van der Waals surface area contributed by atoms with E-state index in [4.69, 9.17) is 5.11 Å². The first-order valence-corrected chi connectivity index (χ1v) is 5.89. The smallest absolute Gasteiger partial charge is 0.392 e. The zero-order chi connectivity index (χ0) is 15.6. The zero-order valence-electron chi connectivity index (χ0n) is 10.6. The van der Waals surface area contributed by atoms with Crippen LogP contribution in [0.25, 0.3) is 11.1 Å². The molecule has 0 aliphatic carbocycles. The highest BCUT2D eigenvalue weighted by atomic mass is 19.4. The Bertz CT molecular complexity index is 666. The van der Waals surface area contributed by atoms with Gasteiger partial charge in [0.1, 0.15) is 0 Å². The lowest BCUT2D eigenvalue weighted by Gasteiger charge is -2.16. The number of benzene rings is 2. The van der Waals surface area contributed by atoms with E-state index in [1.165, 1.54) is 30.3 Å². The number of nitrogens with zero attached hydrogens (tertiary/aromatic N) is 1. The van der Waals surface area contributed by atoms with Crippen LogP contribution < -0.4 is 0 Å². The quantitative estimate of drug-likeness (QED) is 0.692. The Morgan fingerprint density at radius 2 is 1.71 bits per heavy atom. The molecule has 0 saturated heterocycles. The number of non-ortho nitro benzene ring substituents is 1. The molecular formula is C14H10F3NO3. The van der Waals surface area contributed by atoms with Crippen LogP contribution in [0.1, 0.15) is 11.1 Å². The van der Waals surface area contributed by atoms with E-state index in [1.54, 1.807) is 0 Å². The highest BCUT2D eigenvalue weighted by molar-refractivity contribution is 5.70. The average molecular weight is 297 g/mol. The Kier molecular flexibility index (Phi) is 3.95. The van der Waals surface area contributed by atoms with Gasteiger partial charge in [-0.1, -0.05) is 18.2 Å². The maximum atomic E-state index is 13.2. The third kappa shape index (κ3) is 3.03. The molecule has 1 N–H and O–H groups in total. The lowest BCUT2D eigenvalue weighted by Crippen LogP contribution is -2.11. The van der Waals surface area contributed by atoms with E-state index in [1.807, 2.05) is 0 Å². The SMILES string of the molecule is O=[N+]([O-])c1ccc(-c2cccc(CO)c2C(F)(F)F)cc1. The van der Waals surface area contributed by atoms with E-state index in [0.29, 0.717) is 0 Å². The first-order chi connectivity index (χ1) is 9.84. The van der Waals surface area contributed by atoms with Gasteiger partial charge in [0.2, 0.25) is 0 Å². The molecule has 0 unspecified atom stereocenters. The van der Waals surface area contributed by atoms with Gasteiger partial charge in [-0.3, -0.25) is 10.1 Å². The largest absolute Gasteiger partial charge is 0.417 e. The second-order valence-corrected chi connectivity index (χ2v) is 4.30. The van der Waals surface area contributed by atoms with Gasteiger partial charge in [0.15, 0.2) is 0 Å². The minimum Gasteiger partial charge on any atom is -0.392 e. The van der Waals surface area contributed by atoms with E-state index in [-0.39, 0.29) is 22.4 Å². The summed E-state index contributed by atoms with van der Waals surface area (Å²) in [5.74, 6) is 0. The summed E-state index contributed by atoms with van der Waals surface area (Å²) < 4.78 is 39.5. The van der Waals surface area contributed by atoms with Crippen LogP contribution in [-0.2, 0) is 12.8 Å². The van der Waals surface area contributed by atoms with Crippen molar-refractivity contribution in [2.75, 3.05) is 0 Å². The van der Waals surface area contributed by atoms with Gasteiger partial charge in [0.25, 0.3) is 5.69 Å². The van der Waals surface area contributed by atoms with Crippen molar-refractivity contribution in [3.63, 3.8) is 0 Å². The summed E-state index contributed by atoms with van der Waals surface area (Å²) in [6.07, 6.45) is -4.63. The molecule has 0 atom stereocenters. The first kappa shape index (κ1) is 15.0. The maximum Gasteiger partial charge on any atom is 0.417 e. The fourth-order valence-corrected chi connectivity index (χ4v) is 2.07. The van der Waals surface area contributed by atoms with Gasteiger partial charge in [0, 0.05) is 12.1 Å². The maximum absolute atomic E-state index is 13.2. The van der Waals surface area contributed by atoms with Crippen molar-refractivity contribution in [3.05, 3.63) is 63.7 Å². The number of hydrogen-bond acceptors (Lipinski definition) is 3. The normalized spacial score (nSPS) is 11.4. The van der Waals surface area contributed by atoms with Crippen molar-refractivity contribution in [2.45, 2.75) is 12.8 Å². The number of alkyl halides is 3. The van der Waals surface area contributed by atoms with Gasteiger partial charge < -0.3 is 5.11 Å². The Balaban J connectivity index is 2.61. The van der Waals surface area contributed by atoms with Gasteiger partial charge in [-0.2, -0.15) is 13.2 Å². The predicted octanol–water partition coefficient (Wildman–Crippen LogP) is 3.77. The number of rotatable bonds is 3. The Labute approximate surface area is 117 Å². The van der Waals surface area contributed by atoms with Crippen molar-refractivity contribution in [2.24, 2.45) is 0 Å². The summed E-state index contributed by atoms with van der Waals surface area (Å²) in [5.41, 5.74) is -1.29. The minimum absolute atomic E-state index is 0.121. The fourth-order valence-electron chi connectivity index (χ4n) is 2.07. The lowest BCUT2D eigenvalue weighted by atomic mass is 9.95. The average Bonchev–Trinajstić information content (AvgIpc) is 2.45. The number of aliphatic hydroxyl groups excluding tert-OH is 1. The van der Waals surface area contributed by atoms with Crippen LogP contribution in [-0.4, -0.2) is 10.0 Å². The van der Waals surface area contributed by atoms with E-state index in [9.17, 15) is 23.3 Å². The summed E-state index contributed by atoms with van der Waals surface area (Å²) in [4.78, 5) is 9.94. The molecule has 2 aromatic rings. The summed E-state index contributed by atoms with van der Waals surface area (Å²) in [6.45, 7) is -0.740. The van der Waals surface area contributed by atoms with Crippen LogP contribution in [0, 0.1) is 10.1 Å².